The zero-order chi connectivity index (χ0) is 13.1. The van der Waals surface area contributed by atoms with Crippen molar-refractivity contribution < 1.29 is 9.47 Å². The summed E-state index contributed by atoms with van der Waals surface area (Å²) in [5.74, 6) is 0.368. The molecule has 1 aromatic rings. The zero-order valence-electron chi connectivity index (χ0n) is 11.8. The molecule has 0 fully saturated rings. The molecule has 0 amide bonds. The van der Waals surface area contributed by atoms with Crippen LogP contribution in [0.15, 0.2) is 24.3 Å². The highest BCUT2D eigenvalue weighted by atomic mass is 16.7. The van der Waals surface area contributed by atoms with Crippen LogP contribution >= 0.6 is 0 Å². The fraction of sp³-hybridized carbons (Fsp3) is 0.600. The molecule has 17 heavy (non-hydrogen) atoms. The van der Waals surface area contributed by atoms with Crippen LogP contribution < -0.4 is 0 Å². The second-order valence-corrected chi connectivity index (χ2v) is 5.26. The number of hydrogen-bond acceptors (Lipinski definition) is 2. The first kappa shape index (κ1) is 14.2. The first-order valence-corrected chi connectivity index (χ1v) is 6.05. The van der Waals surface area contributed by atoms with Crippen LogP contribution in [-0.4, -0.2) is 20.5 Å². The average molecular weight is 236 g/mol. The molecule has 0 aliphatic carbocycles. The lowest BCUT2D eigenvalue weighted by Gasteiger charge is -2.37. The Kier molecular flexibility index (Phi) is 4.72. The van der Waals surface area contributed by atoms with Crippen LogP contribution in [0.5, 0.6) is 0 Å². The van der Waals surface area contributed by atoms with E-state index in [9.17, 15) is 0 Å². The van der Waals surface area contributed by atoms with Gasteiger partial charge in [0.15, 0.2) is 6.29 Å². The highest BCUT2D eigenvalue weighted by Crippen LogP contribution is 2.39. The Morgan fingerprint density at radius 3 is 2.18 bits per heavy atom. The molecule has 0 radical (unpaired) electrons. The maximum atomic E-state index is 5.41. The molecule has 2 heteroatoms. The van der Waals surface area contributed by atoms with Crippen molar-refractivity contribution in [2.75, 3.05) is 14.2 Å². The van der Waals surface area contributed by atoms with E-state index in [-0.39, 0.29) is 11.7 Å². The predicted octanol–water partition coefficient (Wildman–Crippen LogP) is 3.74. The first-order valence-electron chi connectivity index (χ1n) is 6.05. The molecular formula is C15H24O2. The van der Waals surface area contributed by atoms with E-state index in [0.717, 1.165) is 0 Å². The van der Waals surface area contributed by atoms with Crippen LogP contribution in [0.4, 0.5) is 0 Å². The maximum Gasteiger partial charge on any atom is 0.162 e. The summed E-state index contributed by atoms with van der Waals surface area (Å²) < 4.78 is 10.8. The Morgan fingerprint density at radius 1 is 1.12 bits per heavy atom. The van der Waals surface area contributed by atoms with Crippen LogP contribution in [0.3, 0.4) is 0 Å². The third-order valence-electron chi connectivity index (χ3n) is 3.69. The van der Waals surface area contributed by atoms with Gasteiger partial charge in [-0.3, -0.25) is 0 Å². The van der Waals surface area contributed by atoms with Gasteiger partial charge in [0.2, 0.25) is 0 Å². The SMILES string of the molecule is COC(OC)C(C)(C)C(C)c1cccc(C)c1. The van der Waals surface area contributed by atoms with Crippen molar-refractivity contribution in [3.63, 3.8) is 0 Å². The fourth-order valence-corrected chi connectivity index (χ4v) is 2.28. The summed E-state index contributed by atoms with van der Waals surface area (Å²) in [6, 6.07) is 8.62. The maximum absolute atomic E-state index is 5.41. The molecule has 0 bridgehead atoms. The molecule has 0 heterocycles. The Bertz CT molecular complexity index is 354. The molecule has 0 saturated heterocycles. The molecule has 0 N–H and O–H groups in total. The smallest absolute Gasteiger partial charge is 0.162 e. The molecule has 2 nitrogen and oxygen atoms in total. The van der Waals surface area contributed by atoms with Gasteiger partial charge in [0.05, 0.1) is 0 Å². The Hall–Kier alpha value is -0.860. The molecule has 0 spiro atoms. The lowest BCUT2D eigenvalue weighted by atomic mass is 9.75. The average Bonchev–Trinajstić information content (AvgIpc) is 2.29. The van der Waals surface area contributed by atoms with Gasteiger partial charge in [-0.2, -0.15) is 0 Å². The Morgan fingerprint density at radius 2 is 1.71 bits per heavy atom. The summed E-state index contributed by atoms with van der Waals surface area (Å²) in [6.45, 7) is 8.70. The summed E-state index contributed by atoms with van der Waals surface area (Å²) >= 11 is 0. The molecule has 0 aliphatic heterocycles. The van der Waals surface area contributed by atoms with Crippen LogP contribution in [-0.2, 0) is 9.47 Å². The summed E-state index contributed by atoms with van der Waals surface area (Å²) in [6.07, 6.45) is -0.196. The molecule has 1 rings (SSSR count). The third kappa shape index (κ3) is 3.08. The van der Waals surface area contributed by atoms with Crippen molar-refractivity contribution in [2.24, 2.45) is 5.41 Å². The van der Waals surface area contributed by atoms with Crippen molar-refractivity contribution in [3.8, 4) is 0 Å². The molecule has 0 aliphatic rings. The van der Waals surface area contributed by atoms with E-state index in [1.54, 1.807) is 14.2 Å². The van der Waals surface area contributed by atoms with Gasteiger partial charge in [-0.05, 0) is 18.4 Å². The van der Waals surface area contributed by atoms with Crippen molar-refractivity contribution in [2.45, 2.75) is 39.9 Å². The van der Waals surface area contributed by atoms with E-state index >= 15 is 0 Å². The van der Waals surface area contributed by atoms with E-state index in [0.29, 0.717) is 5.92 Å². The van der Waals surface area contributed by atoms with Crippen molar-refractivity contribution in [1.82, 2.24) is 0 Å². The minimum atomic E-state index is -0.196. The van der Waals surface area contributed by atoms with E-state index in [4.69, 9.17) is 9.47 Å². The van der Waals surface area contributed by atoms with Gasteiger partial charge in [-0.15, -0.1) is 0 Å². The minimum absolute atomic E-state index is 0.0721. The van der Waals surface area contributed by atoms with Crippen LogP contribution in [0.1, 0.15) is 37.8 Å². The highest BCUT2D eigenvalue weighted by Gasteiger charge is 2.36. The molecule has 0 aromatic heterocycles. The normalized spacial score (nSPS) is 14.1. The van der Waals surface area contributed by atoms with Gasteiger partial charge in [0, 0.05) is 19.6 Å². The summed E-state index contributed by atoms with van der Waals surface area (Å²) in [4.78, 5) is 0. The summed E-state index contributed by atoms with van der Waals surface area (Å²) in [5.41, 5.74) is 2.54. The van der Waals surface area contributed by atoms with Crippen molar-refractivity contribution in [1.29, 1.82) is 0 Å². The van der Waals surface area contributed by atoms with Gasteiger partial charge in [-0.1, -0.05) is 50.6 Å². The lowest BCUT2D eigenvalue weighted by Crippen LogP contribution is -2.37. The predicted molar refractivity (Wildman–Crippen MR) is 71.2 cm³/mol. The number of aryl methyl sites for hydroxylation is 1. The Balaban J connectivity index is 2.98. The minimum Gasteiger partial charge on any atom is -0.355 e. The van der Waals surface area contributed by atoms with Crippen LogP contribution in [0, 0.1) is 12.3 Å². The van der Waals surface area contributed by atoms with Crippen molar-refractivity contribution in [3.05, 3.63) is 35.4 Å². The second-order valence-electron chi connectivity index (χ2n) is 5.26. The number of hydrogen-bond donors (Lipinski definition) is 0. The van der Waals surface area contributed by atoms with Crippen molar-refractivity contribution >= 4 is 0 Å². The van der Waals surface area contributed by atoms with Gasteiger partial charge >= 0.3 is 0 Å². The largest absolute Gasteiger partial charge is 0.355 e. The van der Waals surface area contributed by atoms with E-state index < -0.39 is 0 Å². The van der Waals surface area contributed by atoms with Crippen LogP contribution in [0.25, 0.3) is 0 Å². The Labute approximate surface area is 105 Å². The molecule has 0 saturated carbocycles. The third-order valence-corrected chi connectivity index (χ3v) is 3.69. The van der Waals surface area contributed by atoms with Gasteiger partial charge in [0.1, 0.15) is 0 Å². The zero-order valence-corrected chi connectivity index (χ0v) is 11.8. The molecule has 96 valence electrons. The molecule has 1 unspecified atom stereocenters. The number of benzene rings is 1. The van der Waals surface area contributed by atoms with Gasteiger partial charge < -0.3 is 9.47 Å². The first-order chi connectivity index (χ1) is 7.93. The van der Waals surface area contributed by atoms with E-state index in [2.05, 4.69) is 52.0 Å². The van der Waals surface area contributed by atoms with Gasteiger partial charge in [-0.25, -0.2) is 0 Å². The van der Waals surface area contributed by atoms with Gasteiger partial charge in [0.25, 0.3) is 0 Å². The monoisotopic (exact) mass is 236 g/mol. The topological polar surface area (TPSA) is 18.5 Å². The lowest BCUT2D eigenvalue weighted by molar-refractivity contribution is -0.173. The molecule has 1 aromatic carbocycles. The summed E-state index contributed by atoms with van der Waals surface area (Å²) in [5, 5.41) is 0. The van der Waals surface area contributed by atoms with Crippen LogP contribution in [0.2, 0.25) is 0 Å². The standard InChI is InChI=1S/C15H24O2/c1-11-8-7-9-13(10-11)12(2)15(3,4)14(16-5)17-6/h7-10,12,14H,1-6H3. The summed E-state index contributed by atoms with van der Waals surface area (Å²) in [7, 11) is 3.39. The fourth-order valence-electron chi connectivity index (χ4n) is 2.28. The number of methoxy groups -OCH3 is 2. The highest BCUT2D eigenvalue weighted by molar-refractivity contribution is 5.26. The number of rotatable bonds is 5. The van der Waals surface area contributed by atoms with E-state index in [1.807, 2.05) is 0 Å². The number of ether oxygens (including phenoxy) is 2. The second kappa shape index (κ2) is 5.65. The van der Waals surface area contributed by atoms with E-state index in [1.165, 1.54) is 11.1 Å². The molecular weight excluding hydrogens is 212 g/mol. The molecule has 1 atom stereocenters. The quantitative estimate of drug-likeness (QED) is 0.725.